The summed E-state index contributed by atoms with van der Waals surface area (Å²) >= 11 is 0. The molecule has 4 nitrogen and oxygen atoms in total. The van der Waals surface area contributed by atoms with Crippen LogP contribution in [0, 0.1) is 0 Å². The summed E-state index contributed by atoms with van der Waals surface area (Å²) in [6.07, 6.45) is 0. The van der Waals surface area contributed by atoms with Crippen molar-refractivity contribution in [3.05, 3.63) is 119 Å². The lowest BCUT2D eigenvalue weighted by atomic mass is 9.73. The van der Waals surface area contributed by atoms with E-state index in [1.807, 2.05) is 42.5 Å². The van der Waals surface area contributed by atoms with E-state index < -0.39 is 0 Å². The smallest absolute Gasteiger partial charge is 0.266 e. The van der Waals surface area contributed by atoms with Crippen LogP contribution < -0.4 is 9.80 Å². The number of amides is 2. The van der Waals surface area contributed by atoms with E-state index >= 15 is 0 Å². The minimum atomic E-state index is -0.290. The number of hydrogen-bond donors (Lipinski definition) is 0. The quantitative estimate of drug-likeness (QED) is 0.337. The van der Waals surface area contributed by atoms with Crippen LogP contribution in [0.2, 0.25) is 0 Å². The minimum absolute atomic E-state index is 0.156. The fourth-order valence-corrected chi connectivity index (χ4v) is 5.13. The average molecular weight is 431 g/mol. The van der Waals surface area contributed by atoms with Gasteiger partial charge in [-0.3, -0.25) is 9.59 Å². The van der Waals surface area contributed by atoms with Crippen LogP contribution in [0.5, 0.6) is 0 Å². The van der Waals surface area contributed by atoms with Crippen molar-refractivity contribution < 1.29 is 9.59 Å². The highest BCUT2D eigenvalue weighted by molar-refractivity contribution is 6.34. The number of anilines is 4. The molecule has 2 heterocycles. The Kier molecular flexibility index (Phi) is 4.08. The van der Waals surface area contributed by atoms with Crippen LogP contribution in [0.15, 0.2) is 97.1 Å². The maximum atomic E-state index is 13.3. The third-order valence-electron chi connectivity index (χ3n) is 6.78. The fourth-order valence-electron chi connectivity index (χ4n) is 5.13. The van der Waals surface area contributed by atoms with E-state index in [-0.39, 0.29) is 17.2 Å². The Morgan fingerprint density at radius 2 is 1.09 bits per heavy atom. The highest BCUT2D eigenvalue weighted by Crippen LogP contribution is 2.51. The SMILES string of the molecule is CC1(C)c2ccccc2N(c2ccc3c(c2)C(=O)N(c2ccccc2)C3=O)c2ccccc21. The Morgan fingerprint density at radius 1 is 0.545 bits per heavy atom. The molecule has 0 saturated carbocycles. The molecule has 0 saturated heterocycles. The third kappa shape index (κ3) is 2.70. The van der Waals surface area contributed by atoms with Crippen molar-refractivity contribution in [1.82, 2.24) is 0 Å². The summed E-state index contributed by atoms with van der Waals surface area (Å²) < 4.78 is 0. The third-order valence-corrected chi connectivity index (χ3v) is 6.78. The highest BCUT2D eigenvalue weighted by Gasteiger charge is 2.39. The number of carbonyl (C=O) groups is 2. The maximum absolute atomic E-state index is 13.3. The lowest BCUT2D eigenvalue weighted by molar-refractivity contribution is 0.0926. The van der Waals surface area contributed by atoms with Gasteiger partial charge in [0, 0.05) is 11.1 Å². The number of fused-ring (bicyclic) bond motifs is 3. The summed E-state index contributed by atoms with van der Waals surface area (Å²) in [4.78, 5) is 29.8. The van der Waals surface area contributed by atoms with Gasteiger partial charge in [0.1, 0.15) is 0 Å². The molecule has 2 aliphatic heterocycles. The average Bonchev–Trinajstić information content (AvgIpc) is 3.09. The van der Waals surface area contributed by atoms with E-state index in [9.17, 15) is 9.59 Å². The van der Waals surface area contributed by atoms with E-state index in [1.165, 1.54) is 16.0 Å². The first-order valence-corrected chi connectivity index (χ1v) is 11.1. The van der Waals surface area contributed by atoms with Crippen LogP contribution in [-0.4, -0.2) is 11.8 Å². The normalized spacial score (nSPS) is 15.8. The highest BCUT2D eigenvalue weighted by atomic mass is 16.2. The molecule has 33 heavy (non-hydrogen) atoms. The first-order valence-electron chi connectivity index (χ1n) is 11.1. The largest absolute Gasteiger partial charge is 0.310 e. The van der Waals surface area contributed by atoms with Crippen molar-refractivity contribution in [3.63, 3.8) is 0 Å². The number of rotatable bonds is 2. The molecule has 0 aliphatic carbocycles. The van der Waals surface area contributed by atoms with Gasteiger partial charge in [-0.05, 0) is 53.6 Å². The van der Waals surface area contributed by atoms with Crippen LogP contribution in [0.25, 0.3) is 0 Å². The molecule has 4 aromatic carbocycles. The summed E-state index contributed by atoms with van der Waals surface area (Å²) in [7, 11) is 0. The fraction of sp³-hybridized carbons (Fsp3) is 0.103. The lowest BCUT2D eigenvalue weighted by Crippen LogP contribution is -2.30. The first-order chi connectivity index (χ1) is 16.0. The van der Waals surface area contributed by atoms with Crippen LogP contribution in [0.3, 0.4) is 0 Å². The Morgan fingerprint density at radius 3 is 1.73 bits per heavy atom. The number of carbonyl (C=O) groups excluding carboxylic acids is 2. The monoisotopic (exact) mass is 430 g/mol. The molecule has 0 radical (unpaired) electrons. The van der Waals surface area contributed by atoms with Gasteiger partial charge in [0.2, 0.25) is 0 Å². The molecule has 0 unspecified atom stereocenters. The van der Waals surface area contributed by atoms with Crippen molar-refractivity contribution in [2.24, 2.45) is 0 Å². The Balaban J connectivity index is 1.52. The van der Waals surface area contributed by atoms with Crippen molar-refractivity contribution in [3.8, 4) is 0 Å². The van der Waals surface area contributed by atoms with Gasteiger partial charge >= 0.3 is 0 Å². The summed E-state index contributed by atoms with van der Waals surface area (Å²) in [5.41, 5.74) is 6.76. The molecule has 2 aliphatic rings. The number of hydrogen-bond acceptors (Lipinski definition) is 3. The summed E-state index contributed by atoms with van der Waals surface area (Å²) in [6, 6.07) is 31.4. The molecule has 160 valence electrons. The van der Waals surface area contributed by atoms with Crippen molar-refractivity contribution in [2.45, 2.75) is 19.3 Å². The van der Waals surface area contributed by atoms with Gasteiger partial charge in [-0.1, -0.05) is 68.4 Å². The molecule has 0 bridgehead atoms. The van der Waals surface area contributed by atoms with Gasteiger partial charge in [-0.2, -0.15) is 0 Å². The van der Waals surface area contributed by atoms with Crippen molar-refractivity contribution in [2.75, 3.05) is 9.80 Å². The molecule has 0 spiro atoms. The Hall–Kier alpha value is -4.18. The molecule has 0 fully saturated rings. The Bertz CT molecular complexity index is 1390. The number of imide groups is 1. The van der Waals surface area contributed by atoms with Crippen LogP contribution in [0.4, 0.5) is 22.7 Å². The second-order valence-corrected chi connectivity index (χ2v) is 9.01. The molecule has 2 amide bonds. The van der Waals surface area contributed by atoms with E-state index in [0.29, 0.717) is 16.8 Å². The van der Waals surface area contributed by atoms with E-state index in [4.69, 9.17) is 0 Å². The second kappa shape index (κ2) is 6.91. The molecule has 0 aromatic heterocycles. The van der Waals surface area contributed by atoms with E-state index in [2.05, 4.69) is 55.1 Å². The van der Waals surface area contributed by atoms with Gasteiger partial charge in [0.05, 0.1) is 28.2 Å². The second-order valence-electron chi connectivity index (χ2n) is 9.01. The predicted octanol–water partition coefficient (Wildman–Crippen LogP) is 6.60. The Labute approximate surface area is 192 Å². The van der Waals surface area contributed by atoms with E-state index in [1.54, 1.807) is 18.2 Å². The number of benzene rings is 4. The van der Waals surface area contributed by atoms with Crippen LogP contribution >= 0.6 is 0 Å². The van der Waals surface area contributed by atoms with Crippen LogP contribution in [0.1, 0.15) is 45.7 Å². The predicted molar refractivity (Wildman–Crippen MR) is 131 cm³/mol. The lowest BCUT2D eigenvalue weighted by Gasteiger charge is -2.42. The molecular weight excluding hydrogens is 408 g/mol. The molecule has 0 atom stereocenters. The number of para-hydroxylation sites is 3. The minimum Gasteiger partial charge on any atom is -0.310 e. The van der Waals surface area contributed by atoms with Gasteiger partial charge < -0.3 is 4.90 Å². The van der Waals surface area contributed by atoms with Gasteiger partial charge in [0.25, 0.3) is 11.8 Å². The van der Waals surface area contributed by atoms with Crippen LogP contribution in [-0.2, 0) is 5.41 Å². The zero-order valence-corrected chi connectivity index (χ0v) is 18.4. The topological polar surface area (TPSA) is 40.6 Å². The standard InChI is InChI=1S/C29H22N2O2/c1-29(2)23-12-6-8-14-25(23)30(26-15-9-7-13-24(26)29)20-16-17-21-22(18-20)28(33)31(27(21)32)19-10-4-3-5-11-19/h3-18H,1-2H3. The first kappa shape index (κ1) is 19.5. The summed E-state index contributed by atoms with van der Waals surface area (Å²) in [5.74, 6) is -0.574. The maximum Gasteiger partial charge on any atom is 0.266 e. The van der Waals surface area contributed by atoms with E-state index in [0.717, 1.165) is 17.1 Å². The van der Waals surface area contributed by atoms with Gasteiger partial charge in [0.15, 0.2) is 0 Å². The molecule has 0 N–H and O–H groups in total. The molecule has 4 aromatic rings. The van der Waals surface area contributed by atoms with Crippen molar-refractivity contribution >= 4 is 34.6 Å². The molecular formula is C29H22N2O2. The molecule has 6 rings (SSSR count). The van der Waals surface area contributed by atoms with Crippen molar-refractivity contribution in [1.29, 1.82) is 0 Å². The molecule has 4 heteroatoms. The van der Waals surface area contributed by atoms with Gasteiger partial charge in [-0.15, -0.1) is 0 Å². The summed E-state index contributed by atoms with van der Waals surface area (Å²) in [6.45, 7) is 4.48. The zero-order chi connectivity index (χ0) is 22.7. The number of nitrogens with zero attached hydrogens (tertiary/aromatic N) is 2. The zero-order valence-electron chi connectivity index (χ0n) is 18.4. The summed E-state index contributed by atoms with van der Waals surface area (Å²) in [5, 5.41) is 0. The van der Waals surface area contributed by atoms with Gasteiger partial charge in [-0.25, -0.2) is 4.90 Å².